The molecule has 1 saturated heterocycles. The van der Waals surface area contributed by atoms with Gasteiger partial charge in [-0.05, 0) is 62.6 Å². The van der Waals surface area contributed by atoms with E-state index < -0.39 is 12.2 Å². The maximum Gasteiger partial charge on any atom is 0.403 e. The molecule has 1 aromatic carbocycles. The Bertz CT molecular complexity index is 1270. The largest absolute Gasteiger partial charge is 0.403 e. The van der Waals surface area contributed by atoms with Gasteiger partial charge in [-0.25, -0.2) is 4.98 Å². The number of anilines is 1. The number of fused-ring (bicyclic) bond motifs is 3. The van der Waals surface area contributed by atoms with E-state index in [9.17, 15) is 13.2 Å². The van der Waals surface area contributed by atoms with Crippen molar-refractivity contribution in [2.45, 2.75) is 57.9 Å². The van der Waals surface area contributed by atoms with Gasteiger partial charge in [0.15, 0.2) is 5.82 Å². The molecule has 6 rings (SSSR count). The van der Waals surface area contributed by atoms with E-state index in [4.69, 9.17) is 11.6 Å². The normalized spacial score (nSPS) is 20.6. The van der Waals surface area contributed by atoms with Crippen LogP contribution in [0.4, 0.5) is 19.0 Å². The van der Waals surface area contributed by atoms with Gasteiger partial charge in [-0.3, -0.25) is 9.47 Å². The number of halogens is 4. The standard InChI is InChI=1S/C25H26ClF3N6/c1-15-4-3-5-21(30-15)34-13-24(14-34)9-18(10-24)23-32-31-22-12-33(16(2)25(27,28)29)11-17-8-19(26)6-7-20(17)35(22)23/h3-8,16,18H,9-14H2,1-2H3. The molecule has 0 N–H and O–H groups in total. The van der Waals surface area contributed by atoms with Crippen LogP contribution >= 0.6 is 11.6 Å². The molecule has 0 amide bonds. The first-order valence-electron chi connectivity index (χ1n) is 11.8. The number of rotatable bonds is 3. The van der Waals surface area contributed by atoms with Crippen LogP contribution in [0.15, 0.2) is 36.4 Å². The molecule has 1 aliphatic carbocycles. The fourth-order valence-electron chi connectivity index (χ4n) is 5.85. The highest BCUT2D eigenvalue weighted by Gasteiger charge is 2.54. The second-order valence-electron chi connectivity index (χ2n) is 10.3. The average Bonchev–Trinajstić information content (AvgIpc) is 3.06. The molecule has 35 heavy (non-hydrogen) atoms. The van der Waals surface area contributed by atoms with E-state index in [0.29, 0.717) is 10.8 Å². The van der Waals surface area contributed by atoms with Crippen LogP contribution in [0.5, 0.6) is 0 Å². The third-order valence-electron chi connectivity index (χ3n) is 7.75. The number of hydrogen-bond donors (Lipinski definition) is 0. The van der Waals surface area contributed by atoms with Gasteiger partial charge < -0.3 is 4.90 Å². The predicted molar refractivity (Wildman–Crippen MR) is 127 cm³/mol. The lowest BCUT2D eigenvalue weighted by atomic mass is 9.57. The van der Waals surface area contributed by atoms with E-state index in [1.807, 2.05) is 35.8 Å². The molecule has 4 heterocycles. The number of pyridine rings is 1. The van der Waals surface area contributed by atoms with E-state index in [1.165, 1.54) is 11.8 Å². The zero-order valence-electron chi connectivity index (χ0n) is 19.6. The minimum Gasteiger partial charge on any atom is -0.355 e. The monoisotopic (exact) mass is 502 g/mol. The summed E-state index contributed by atoms with van der Waals surface area (Å²) in [5.74, 6) is 2.61. The summed E-state index contributed by atoms with van der Waals surface area (Å²) in [5.41, 5.74) is 2.82. The molecule has 184 valence electrons. The Morgan fingerprint density at radius 1 is 1.09 bits per heavy atom. The van der Waals surface area contributed by atoms with Gasteiger partial charge in [-0.1, -0.05) is 17.7 Å². The first kappa shape index (κ1) is 22.8. The van der Waals surface area contributed by atoms with Crippen LogP contribution in [-0.4, -0.2) is 50.0 Å². The van der Waals surface area contributed by atoms with Crippen molar-refractivity contribution < 1.29 is 13.2 Å². The SMILES string of the molecule is Cc1cccc(N2CC3(CC(c4nnc5n4-c4ccc(Cl)cc4CN(C(C)C(F)(F)F)C5)C3)C2)n1. The van der Waals surface area contributed by atoms with Crippen LogP contribution in [0.2, 0.25) is 5.02 Å². The minimum atomic E-state index is -4.33. The summed E-state index contributed by atoms with van der Waals surface area (Å²) >= 11 is 6.24. The molecule has 2 aliphatic heterocycles. The van der Waals surface area contributed by atoms with Crippen molar-refractivity contribution in [3.05, 3.63) is 64.3 Å². The van der Waals surface area contributed by atoms with E-state index in [1.54, 1.807) is 12.1 Å². The highest BCUT2D eigenvalue weighted by Crippen LogP contribution is 2.56. The number of alkyl halides is 3. The summed E-state index contributed by atoms with van der Waals surface area (Å²) in [6.45, 7) is 5.33. The van der Waals surface area contributed by atoms with Crippen molar-refractivity contribution in [2.75, 3.05) is 18.0 Å². The first-order chi connectivity index (χ1) is 16.6. The Balaban J connectivity index is 1.26. The fraction of sp³-hybridized carbons (Fsp3) is 0.480. The summed E-state index contributed by atoms with van der Waals surface area (Å²) in [6.07, 6.45) is -2.36. The predicted octanol–water partition coefficient (Wildman–Crippen LogP) is 5.27. The third kappa shape index (κ3) is 3.89. The quantitative estimate of drug-likeness (QED) is 0.488. The van der Waals surface area contributed by atoms with Crippen molar-refractivity contribution in [3.63, 3.8) is 0 Å². The summed E-state index contributed by atoms with van der Waals surface area (Å²) in [7, 11) is 0. The Labute approximate surface area is 206 Å². The van der Waals surface area contributed by atoms with Crippen LogP contribution < -0.4 is 4.90 Å². The summed E-state index contributed by atoms with van der Waals surface area (Å²) < 4.78 is 42.7. The smallest absolute Gasteiger partial charge is 0.355 e. The van der Waals surface area contributed by atoms with Crippen molar-refractivity contribution >= 4 is 17.4 Å². The Morgan fingerprint density at radius 3 is 2.57 bits per heavy atom. The van der Waals surface area contributed by atoms with Crippen molar-refractivity contribution in [1.82, 2.24) is 24.6 Å². The first-order valence-corrected chi connectivity index (χ1v) is 12.2. The second-order valence-corrected chi connectivity index (χ2v) is 10.7. The lowest BCUT2D eigenvalue weighted by molar-refractivity contribution is -0.182. The molecule has 2 fully saturated rings. The van der Waals surface area contributed by atoms with Gasteiger partial charge in [0.2, 0.25) is 0 Å². The lowest BCUT2D eigenvalue weighted by Crippen LogP contribution is -2.62. The number of nitrogens with zero attached hydrogens (tertiary/aromatic N) is 6. The Kier molecular flexibility index (Phi) is 5.16. The molecule has 10 heteroatoms. The minimum absolute atomic E-state index is 0.0741. The van der Waals surface area contributed by atoms with Crippen LogP contribution in [0.3, 0.4) is 0 Å². The second kappa shape index (κ2) is 7.93. The van der Waals surface area contributed by atoms with Crippen LogP contribution in [0.1, 0.15) is 48.6 Å². The topological polar surface area (TPSA) is 50.1 Å². The van der Waals surface area contributed by atoms with Gasteiger partial charge in [0.25, 0.3) is 0 Å². The molecule has 1 saturated carbocycles. The van der Waals surface area contributed by atoms with Crippen molar-refractivity contribution in [3.8, 4) is 5.69 Å². The molecule has 6 nitrogen and oxygen atoms in total. The number of aromatic nitrogens is 4. The molecule has 0 bridgehead atoms. The number of hydrogen-bond acceptors (Lipinski definition) is 5. The van der Waals surface area contributed by atoms with E-state index in [0.717, 1.165) is 54.5 Å². The van der Waals surface area contributed by atoms with Gasteiger partial charge in [-0.2, -0.15) is 13.2 Å². The zero-order valence-corrected chi connectivity index (χ0v) is 20.3. The Hall–Kier alpha value is -2.65. The highest BCUT2D eigenvalue weighted by atomic mass is 35.5. The summed E-state index contributed by atoms with van der Waals surface area (Å²) in [6, 6.07) is 9.87. The van der Waals surface area contributed by atoms with Gasteiger partial charge in [-0.15, -0.1) is 10.2 Å². The molecule has 1 spiro atoms. The molecule has 3 aromatic rings. The molecule has 3 aliphatic rings. The molecule has 2 aromatic heterocycles. The molecule has 1 unspecified atom stereocenters. The van der Waals surface area contributed by atoms with Crippen molar-refractivity contribution in [1.29, 1.82) is 0 Å². The molecule has 0 radical (unpaired) electrons. The van der Waals surface area contributed by atoms with Gasteiger partial charge in [0, 0.05) is 41.7 Å². The van der Waals surface area contributed by atoms with E-state index in [-0.39, 0.29) is 24.4 Å². The van der Waals surface area contributed by atoms with Gasteiger partial charge in [0.05, 0.1) is 12.2 Å². The Morgan fingerprint density at radius 2 is 1.86 bits per heavy atom. The summed E-state index contributed by atoms with van der Waals surface area (Å²) in [5, 5.41) is 9.37. The highest BCUT2D eigenvalue weighted by molar-refractivity contribution is 6.30. The number of aryl methyl sites for hydroxylation is 1. The van der Waals surface area contributed by atoms with Crippen molar-refractivity contribution in [2.24, 2.45) is 5.41 Å². The molecular weight excluding hydrogens is 477 g/mol. The summed E-state index contributed by atoms with van der Waals surface area (Å²) in [4.78, 5) is 8.33. The van der Waals surface area contributed by atoms with Gasteiger partial charge in [0.1, 0.15) is 17.7 Å². The zero-order chi connectivity index (χ0) is 24.5. The van der Waals surface area contributed by atoms with Crippen LogP contribution in [0.25, 0.3) is 5.69 Å². The molecule has 1 atom stereocenters. The number of benzene rings is 1. The van der Waals surface area contributed by atoms with Crippen LogP contribution in [0, 0.1) is 12.3 Å². The van der Waals surface area contributed by atoms with E-state index >= 15 is 0 Å². The maximum atomic E-state index is 13.6. The van der Waals surface area contributed by atoms with E-state index in [2.05, 4.69) is 20.1 Å². The van der Waals surface area contributed by atoms with Crippen LogP contribution in [-0.2, 0) is 13.1 Å². The average molecular weight is 503 g/mol. The fourth-order valence-corrected chi connectivity index (χ4v) is 6.05. The lowest BCUT2D eigenvalue weighted by Gasteiger charge is -2.59. The van der Waals surface area contributed by atoms with Gasteiger partial charge >= 0.3 is 6.18 Å². The molecular formula is C25H26ClF3N6. The third-order valence-corrected chi connectivity index (χ3v) is 7.99. The maximum absolute atomic E-state index is 13.6.